The Morgan fingerprint density at radius 1 is 1.33 bits per heavy atom. The van der Waals surface area contributed by atoms with Gasteiger partial charge in [0.2, 0.25) is 6.79 Å². The lowest BCUT2D eigenvalue weighted by molar-refractivity contribution is 0.174. The van der Waals surface area contributed by atoms with Gasteiger partial charge in [0.05, 0.1) is 12.4 Å². The van der Waals surface area contributed by atoms with Crippen LogP contribution in [0.25, 0.3) is 4.91 Å². The number of thioether (sulfide) groups is 1. The first kappa shape index (κ1) is 20.3. The molecule has 2 aliphatic rings. The lowest BCUT2D eigenvalue weighted by atomic mass is 10.1. The molecule has 3 N–H and O–H groups in total. The molecule has 0 radical (unpaired) electrons. The van der Waals surface area contributed by atoms with Crippen LogP contribution in [0.5, 0.6) is 17.2 Å². The highest BCUT2D eigenvalue weighted by molar-refractivity contribution is 8.09. The second-order valence-electron chi connectivity index (χ2n) is 6.73. The van der Waals surface area contributed by atoms with Gasteiger partial charge in [0.1, 0.15) is 5.84 Å². The van der Waals surface area contributed by atoms with Gasteiger partial charge in [-0.15, -0.1) is 11.8 Å². The third kappa shape index (κ3) is 4.15. The highest BCUT2D eigenvalue weighted by Gasteiger charge is 2.31. The molecule has 2 heterocycles. The summed E-state index contributed by atoms with van der Waals surface area (Å²) in [5, 5.41) is 3.21. The molecule has 156 valence electrons. The number of amidine groups is 1. The monoisotopic (exact) mass is 427 g/mol. The van der Waals surface area contributed by atoms with E-state index in [0.29, 0.717) is 12.4 Å². The Morgan fingerprint density at radius 2 is 2.17 bits per heavy atom. The molecule has 0 amide bonds. The van der Waals surface area contributed by atoms with Crippen molar-refractivity contribution in [1.82, 2.24) is 5.32 Å². The van der Waals surface area contributed by atoms with Gasteiger partial charge in [0.25, 0.3) is 0 Å². The average molecular weight is 428 g/mol. The molecule has 6 nitrogen and oxygen atoms in total. The van der Waals surface area contributed by atoms with Gasteiger partial charge in [-0.1, -0.05) is 18.7 Å². The minimum atomic E-state index is -0.408. The molecule has 0 spiro atoms. The molecular formula is C22H22FN3O3S. The van der Waals surface area contributed by atoms with Crippen molar-refractivity contribution in [3.8, 4) is 17.2 Å². The number of ether oxygens (including phenoxy) is 3. The van der Waals surface area contributed by atoms with Crippen molar-refractivity contribution in [1.29, 1.82) is 0 Å². The largest absolute Gasteiger partial charge is 0.494 e. The third-order valence-corrected chi connectivity index (χ3v) is 6.21. The van der Waals surface area contributed by atoms with Gasteiger partial charge in [-0.25, -0.2) is 9.38 Å². The maximum absolute atomic E-state index is 14.1. The fourth-order valence-electron chi connectivity index (χ4n) is 3.30. The van der Waals surface area contributed by atoms with E-state index in [9.17, 15) is 4.39 Å². The van der Waals surface area contributed by atoms with Crippen molar-refractivity contribution < 1.29 is 18.6 Å². The Balaban J connectivity index is 1.46. The maximum atomic E-state index is 14.1. The van der Waals surface area contributed by atoms with E-state index in [4.69, 9.17) is 19.9 Å². The van der Waals surface area contributed by atoms with E-state index in [1.807, 2.05) is 30.3 Å². The normalized spacial score (nSPS) is 20.1. The number of rotatable bonds is 6. The van der Waals surface area contributed by atoms with Crippen LogP contribution < -0.4 is 25.3 Å². The highest BCUT2D eigenvalue weighted by atomic mass is 32.2. The van der Waals surface area contributed by atoms with Crippen LogP contribution in [0.3, 0.4) is 0 Å². The zero-order valence-corrected chi connectivity index (χ0v) is 17.2. The summed E-state index contributed by atoms with van der Waals surface area (Å²) in [4.78, 5) is 5.30. The molecule has 4 rings (SSSR count). The molecule has 0 fully saturated rings. The minimum Gasteiger partial charge on any atom is -0.494 e. The van der Waals surface area contributed by atoms with Crippen LogP contribution in [0, 0.1) is 5.82 Å². The number of nitrogens with zero attached hydrogens (tertiary/aromatic N) is 1. The van der Waals surface area contributed by atoms with Gasteiger partial charge in [0, 0.05) is 23.7 Å². The first-order valence-electron chi connectivity index (χ1n) is 9.38. The molecule has 2 unspecified atom stereocenters. The van der Waals surface area contributed by atoms with E-state index in [1.165, 1.54) is 19.4 Å². The summed E-state index contributed by atoms with van der Waals surface area (Å²) in [6.45, 7) is 4.49. The fourth-order valence-corrected chi connectivity index (χ4v) is 4.56. The Bertz CT molecular complexity index is 1020. The molecular weight excluding hydrogens is 405 g/mol. The Labute approximate surface area is 178 Å². The van der Waals surface area contributed by atoms with Crippen LogP contribution in [0.4, 0.5) is 4.39 Å². The van der Waals surface area contributed by atoms with Crippen molar-refractivity contribution in [2.24, 2.45) is 10.7 Å². The molecule has 30 heavy (non-hydrogen) atoms. The van der Waals surface area contributed by atoms with Gasteiger partial charge in [-0.05, 0) is 41.5 Å². The Kier molecular flexibility index (Phi) is 5.96. The van der Waals surface area contributed by atoms with Crippen LogP contribution in [-0.2, 0) is 6.54 Å². The van der Waals surface area contributed by atoms with Gasteiger partial charge in [-0.2, -0.15) is 0 Å². The third-order valence-electron chi connectivity index (χ3n) is 4.79. The van der Waals surface area contributed by atoms with Gasteiger partial charge >= 0.3 is 0 Å². The molecule has 2 aromatic rings. The lowest BCUT2D eigenvalue weighted by Gasteiger charge is -2.19. The summed E-state index contributed by atoms with van der Waals surface area (Å²) in [6, 6.07) is 10.4. The Morgan fingerprint density at radius 3 is 2.93 bits per heavy atom. The molecule has 2 aliphatic heterocycles. The van der Waals surface area contributed by atoms with Crippen molar-refractivity contribution in [2.45, 2.75) is 17.8 Å². The number of nitrogens with two attached hydrogens (primary N) is 1. The number of fused-ring (bicyclic) bond motifs is 1. The zero-order chi connectivity index (χ0) is 21.1. The van der Waals surface area contributed by atoms with E-state index in [-0.39, 0.29) is 23.8 Å². The lowest BCUT2D eigenvalue weighted by Crippen LogP contribution is -2.41. The summed E-state index contributed by atoms with van der Waals surface area (Å²) in [5.41, 5.74) is 8.15. The molecule has 2 atom stereocenters. The number of halogens is 1. The number of aliphatic imine (C=N–C) groups is 1. The second kappa shape index (κ2) is 8.81. The smallest absolute Gasteiger partial charge is 0.231 e. The van der Waals surface area contributed by atoms with Crippen molar-refractivity contribution in [3.63, 3.8) is 0 Å². The number of methoxy groups -OCH3 is 1. The van der Waals surface area contributed by atoms with E-state index < -0.39 is 5.82 Å². The standard InChI is InChI=1S/C22H22FN3O3S/c1-3-25-22(26-11-13-4-6-18-19(8-13)29-12-28-18)21-16(24)10-20(30-21)14-5-7-17(27-2)15(23)9-14/h3-10,16,21H,1,11-12,24H2,2H3,(H,25,26). The minimum absolute atomic E-state index is 0.142. The first-order valence-corrected chi connectivity index (χ1v) is 10.3. The van der Waals surface area contributed by atoms with Gasteiger partial charge < -0.3 is 25.3 Å². The molecule has 0 saturated heterocycles. The second-order valence-corrected chi connectivity index (χ2v) is 7.92. The first-order chi connectivity index (χ1) is 14.6. The summed E-state index contributed by atoms with van der Waals surface area (Å²) in [5.74, 6) is 1.99. The van der Waals surface area contributed by atoms with Gasteiger partial charge in [-0.3, -0.25) is 0 Å². The quantitative estimate of drug-likeness (QED) is 0.541. The van der Waals surface area contributed by atoms with Crippen LogP contribution in [-0.4, -0.2) is 31.0 Å². The van der Waals surface area contributed by atoms with Gasteiger partial charge in [0.15, 0.2) is 23.1 Å². The summed E-state index contributed by atoms with van der Waals surface area (Å²) < 4.78 is 29.9. The zero-order valence-electron chi connectivity index (χ0n) is 16.4. The number of hydrogen-bond donors (Lipinski definition) is 2. The molecule has 0 bridgehead atoms. The van der Waals surface area contributed by atoms with Crippen LogP contribution >= 0.6 is 11.8 Å². The SMILES string of the molecule is C=C/N=C(/NCc1ccc2c(c1)OCO2)C1SC(c2ccc(OC)c(F)c2)=CC1N. The highest BCUT2D eigenvalue weighted by Crippen LogP contribution is 2.40. The summed E-state index contributed by atoms with van der Waals surface area (Å²) in [7, 11) is 1.44. The van der Waals surface area contributed by atoms with Crippen LogP contribution in [0.15, 0.2) is 60.2 Å². The van der Waals surface area contributed by atoms with E-state index in [0.717, 1.165) is 27.5 Å². The van der Waals surface area contributed by atoms with Crippen LogP contribution in [0.2, 0.25) is 0 Å². The fraction of sp³-hybridized carbons (Fsp3) is 0.227. The summed E-state index contributed by atoms with van der Waals surface area (Å²) in [6.07, 6.45) is 3.41. The predicted octanol–water partition coefficient (Wildman–Crippen LogP) is 3.68. The topological polar surface area (TPSA) is 78.1 Å². The molecule has 0 saturated carbocycles. The number of nitrogens with one attached hydrogen (secondary N) is 1. The van der Waals surface area contributed by atoms with Crippen LogP contribution in [0.1, 0.15) is 11.1 Å². The number of hydrogen-bond acceptors (Lipinski definition) is 6. The van der Waals surface area contributed by atoms with Crippen molar-refractivity contribution >= 4 is 22.5 Å². The van der Waals surface area contributed by atoms with E-state index in [2.05, 4.69) is 16.9 Å². The molecule has 0 aliphatic carbocycles. The summed E-state index contributed by atoms with van der Waals surface area (Å²) >= 11 is 1.54. The average Bonchev–Trinajstić information content (AvgIpc) is 3.37. The van der Waals surface area contributed by atoms with Crippen molar-refractivity contribution in [3.05, 3.63) is 72.2 Å². The molecule has 0 aromatic heterocycles. The van der Waals surface area contributed by atoms with E-state index in [1.54, 1.807) is 17.8 Å². The number of benzene rings is 2. The molecule has 8 heteroatoms. The molecule has 2 aromatic carbocycles. The maximum Gasteiger partial charge on any atom is 0.231 e. The Hall–Kier alpha value is -2.97. The van der Waals surface area contributed by atoms with Crippen molar-refractivity contribution in [2.75, 3.05) is 13.9 Å². The van der Waals surface area contributed by atoms with E-state index >= 15 is 0 Å². The predicted molar refractivity (Wildman–Crippen MR) is 117 cm³/mol.